The van der Waals surface area contributed by atoms with Crippen molar-refractivity contribution in [3.05, 3.63) is 91.0 Å². The Hall–Kier alpha value is -4.46. The van der Waals surface area contributed by atoms with Gasteiger partial charge in [-0.25, -0.2) is 26.8 Å². The molecule has 40 heavy (non-hydrogen) atoms. The summed E-state index contributed by atoms with van der Waals surface area (Å²) in [5.74, 6) is -1.16. The van der Waals surface area contributed by atoms with E-state index in [0.717, 1.165) is 15.1 Å². The van der Waals surface area contributed by atoms with Gasteiger partial charge in [0.2, 0.25) is 10.0 Å². The normalized spacial score (nSPS) is 11.6. The molecule has 0 fully saturated rings. The maximum absolute atomic E-state index is 13.1. The van der Waals surface area contributed by atoms with Crippen molar-refractivity contribution >= 4 is 54.1 Å². The molecule has 13 heteroatoms. The van der Waals surface area contributed by atoms with Gasteiger partial charge in [-0.3, -0.25) is 9.10 Å². The molecule has 0 aliphatic carbocycles. The lowest BCUT2D eigenvalue weighted by Gasteiger charge is -2.20. The highest BCUT2D eigenvalue weighted by Crippen LogP contribution is 2.26. The third kappa shape index (κ3) is 6.94. The van der Waals surface area contributed by atoms with Crippen molar-refractivity contribution in [3.63, 3.8) is 0 Å². The van der Waals surface area contributed by atoms with Crippen LogP contribution < -0.4 is 19.5 Å². The van der Waals surface area contributed by atoms with Gasteiger partial charge in [0.15, 0.2) is 13.2 Å². The summed E-state index contributed by atoms with van der Waals surface area (Å²) in [6, 6.07) is 23.6. The van der Waals surface area contributed by atoms with Crippen molar-refractivity contribution in [2.75, 3.05) is 29.9 Å². The van der Waals surface area contributed by atoms with Gasteiger partial charge in [-0.15, -0.1) is 0 Å². The molecular formula is C27H25N3O8S2. The lowest BCUT2D eigenvalue weighted by Crippen LogP contribution is -2.26. The summed E-state index contributed by atoms with van der Waals surface area (Å²) in [7, 11) is -6.23. The number of fused-ring (bicyclic) bond motifs is 1. The van der Waals surface area contributed by atoms with Crippen molar-refractivity contribution in [2.24, 2.45) is 5.14 Å². The molecule has 1 amide bonds. The summed E-state index contributed by atoms with van der Waals surface area (Å²) < 4.78 is 60.3. The van der Waals surface area contributed by atoms with E-state index in [4.69, 9.17) is 14.6 Å². The SMILES string of the molecule is CN(c1ccc(OCC(=O)OCC(=O)Nc2ccc(S(N)(=O)=O)cc2)cc1)S(=O)(=O)c1ccc2ccccc2c1. The molecule has 0 saturated heterocycles. The molecule has 0 atom stereocenters. The van der Waals surface area contributed by atoms with Gasteiger partial charge in [-0.05, 0) is 71.4 Å². The van der Waals surface area contributed by atoms with Crippen LogP contribution in [0.5, 0.6) is 5.75 Å². The molecule has 0 spiro atoms. The standard InChI is InChI=1S/C27H25N3O8S2/c1-30(40(35,36)25-13-6-19-4-2-3-5-20(19)16-25)22-9-11-23(12-10-22)37-18-27(32)38-17-26(31)29-21-7-14-24(15-8-21)39(28,33)34/h2-16H,17-18H2,1H3,(H,29,31)(H2,28,33,34). The van der Waals surface area contributed by atoms with Gasteiger partial charge in [0.25, 0.3) is 15.9 Å². The smallest absolute Gasteiger partial charge is 0.344 e. The number of ether oxygens (including phenoxy) is 2. The molecule has 0 bridgehead atoms. The summed E-state index contributed by atoms with van der Waals surface area (Å²) >= 11 is 0. The monoisotopic (exact) mass is 583 g/mol. The Bertz CT molecular complexity index is 1760. The minimum absolute atomic E-state index is 0.111. The van der Waals surface area contributed by atoms with Gasteiger partial charge in [0, 0.05) is 12.7 Å². The first kappa shape index (κ1) is 28.5. The van der Waals surface area contributed by atoms with Crippen LogP contribution in [0.2, 0.25) is 0 Å². The Morgan fingerprint density at radius 2 is 1.43 bits per heavy atom. The molecule has 11 nitrogen and oxygen atoms in total. The molecule has 4 aromatic carbocycles. The number of esters is 1. The highest BCUT2D eigenvalue weighted by Gasteiger charge is 2.22. The molecule has 4 aromatic rings. The van der Waals surface area contributed by atoms with Crippen LogP contribution in [-0.2, 0) is 34.4 Å². The van der Waals surface area contributed by atoms with Crippen molar-refractivity contribution in [3.8, 4) is 5.75 Å². The minimum Gasteiger partial charge on any atom is -0.482 e. The van der Waals surface area contributed by atoms with Crippen LogP contribution in [0.3, 0.4) is 0 Å². The van der Waals surface area contributed by atoms with E-state index in [9.17, 15) is 26.4 Å². The summed E-state index contributed by atoms with van der Waals surface area (Å²) in [6.07, 6.45) is 0. The van der Waals surface area contributed by atoms with E-state index in [1.165, 1.54) is 55.6 Å². The zero-order chi connectivity index (χ0) is 28.9. The van der Waals surface area contributed by atoms with E-state index in [1.807, 2.05) is 24.3 Å². The fourth-order valence-corrected chi connectivity index (χ4v) is 5.38. The van der Waals surface area contributed by atoms with Crippen molar-refractivity contribution in [2.45, 2.75) is 9.79 Å². The van der Waals surface area contributed by atoms with Gasteiger partial charge in [0.05, 0.1) is 15.5 Å². The predicted molar refractivity (Wildman–Crippen MR) is 149 cm³/mol. The highest BCUT2D eigenvalue weighted by molar-refractivity contribution is 7.92. The number of carbonyl (C=O) groups is 2. The number of anilines is 2. The van der Waals surface area contributed by atoms with Crippen LogP contribution in [0.1, 0.15) is 0 Å². The number of primary sulfonamides is 1. The van der Waals surface area contributed by atoms with Gasteiger partial charge >= 0.3 is 5.97 Å². The van der Waals surface area contributed by atoms with Crippen LogP contribution in [0.15, 0.2) is 101 Å². The lowest BCUT2D eigenvalue weighted by atomic mass is 10.1. The zero-order valence-electron chi connectivity index (χ0n) is 21.2. The number of nitrogens with two attached hydrogens (primary N) is 1. The molecular weight excluding hydrogens is 558 g/mol. The third-order valence-corrected chi connectivity index (χ3v) is 8.48. The number of nitrogens with one attached hydrogen (secondary N) is 1. The number of hydrogen-bond donors (Lipinski definition) is 2. The van der Waals surface area contributed by atoms with E-state index >= 15 is 0 Å². The Morgan fingerprint density at radius 3 is 2.08 bits per heavy atom. The molecule has 0 unspecified atom stereocenters. The van der Waals surface area contributed by atoms with Crippen LogP contribution in [0.4, 0.5) is 11.4 Å². The van der Waals surface area contributed by atoms with E-state index in [1.54, 1.807) is 18.2 Å². The minimum atomic E-state index is -3.86. The average molecular weight is 584 g/mol. The van der Waals surface area contributed by atoms with E-state index in [0.29, 0.717) is 5.69 Å². The van der Waals surface area contributed by atoms with E-state index < -0.39 is 45.1 Å². The fourth-order valence-electron chi connectivity index (χ4n) is 3.63. The largest absolute Gasteiger partial charge is 0.482 e. The number of hydrogen-bond acceptors (Lipinski definition) is 8. The number of nitrogens with zero attached hydrogens (tertiary/aromatic N) is 1. The van der Waals surface area contributed by atoms with Gasteiger partial charge in [0.1, 0.15) is 5.75 Å². The Labute approximate surface area is 231 Å². The number of carbonyl (C=O) groups excluding carboxylic acids is 2. The lowest BCUT2D eigenvalue weighted by molar-refractivity contribution is -0.149. The molecule has 3 N–H and O–H groups in total. The van der Waals surface area contributed by atoms with Crippen LogP contribution in [-0.4, -0.2) is 49.0 Å². The zero-order valence-corrected chi connectivity index (χ0v) is 22.8. The first-order chi connectivity index (χ1) is 18.9. The third-order valence-electron chi connectivity index (χ3n) is 5.77. The molecule has 0 aliphatic heterocycles. The number of benzene rings is 4. The Balaban J connectivity index is 1.27. The first-order valence-corrected chi connectivity index (χ1v) is 14.7. The summed E-state index contributed by atoms with van der Waals surface area (Å²) in [5.41, 5.74) is 0.675. The van der Waals surface area contributed by atoms with Crippen LogP contribution >= 0.6 is 0 Å². The quantitative estimate of drug-likeness (QED) is 0.269. The summed E-state index contributed by atoms with van der Waals surface area (Å²) in [5, 5.41) is 9.22. The molecule has 0 heterocycles. The molecule has 0 radical (unpaired) electrons. The molecule has 0 saturated carbocycles. The Morgan fingerprint density at radius 1 is 0.800 bits per heavy atom. The topological polar surface area (TPSA) is 162 Å². The number of rotatable bonds is 10. The maximum Gasteiger partial charge on any atom is 0.344 e. The maximum atomic E-state index is 13.1. The van der Waals surface area contributed by atoms with E-state index in [2.05, 4.69) is 5.32 Å². The highest BCUT2D eigenvalue weighted by atomic mass is 32.2. The first-order valence-electron chi connectivity index (χ1n) is 11.7. The van der Waals surface area contributed by atoms with Gasteiger partial charge < -0.3 is 14.8 Å². The number of sulfonamides is 2. The second kappa shape index (κ2) is 11.7. The van der Waals surface area contributed by atoms with Gasteiger partial charge in [-0.2, -0.15) is 0 Å². The summed E-state index contributed by atoms with van der Waals surface area (Å²) in [4.78, 5) is 24.0. The molecule has 208 valence electrons. The van der Waals surface area contributed by atoms with Crippen LogP contribution in [0, 0.1) is 0 Å². The Kier molecular flexibility index (Phi) is 8.38. The van der Waals surface area contributed by atoms with Crippen LogP contribution in [0.25, 0.3) is 10.8 Å². The van der Waals surface area contributed by atoms with Crippen molar-refractivity contribution < 1.29 is 35.9 Å². The molecule has 4 rings (SSSR count). The van der Waals surface area contributed by atoms with Crippen molar-refractivity contribution in [1.29, 1.82) is 0 Å². The molecule has 0 aliphatic rings. The summed E-state index contributed by atoms with van der Waals surface area (Å²) in [6.45, 7) is -1.07. The van der Waals surface area contributed by atoms with Gasteiger partial charge in [-0.1, -0.05) is 30.3 Å². The second-order valence-electron chi connectivity index (χ2n) is 8.54. The molecule has 0 aromatic heterocycles. The predicted octanol–water partition coefficient (Wildman–Crippen LogP) is 2.87. The van der Waals surface area contributed by atoms with Crippen molar-refractivity contribution in [1.82, 2.24) is 0 Å². The number of amides is 1. The fraction of sp³-hybridized carbons (Fsp3) is 0.111. The van der Waals surface area contributed by atoms with E-state index in [-0.39, 0.29) is 21.2 Å². The second-order valence-corrected chi connectivity index (χ2v) is 12.1. The average Bonchev–Trinajstić information content (AvgIpc) is 2.94.